The van der Waals surface area contributed by atoms with Gasteiger partial charge in [-0.1, -0.05) is 0 Å². The normalized spacial score (nSPS) is 17.1. The Morgan fingerprint density at radius 3 is 2.90 bits per heavy atom. The molecule has 3 aromatic heterocycles. The molecule has 0 amide bonds. The summed E-state index contributed by atoms with van der Waals surface area (Å²) in [5.41, 5.74) is 3.40. The SMILES string of the molecule is Cc1cn2cc(-c3cc4ccc(OCCN5CCC(O)C5)cc4oc3=O)nc2c(C)n1. The second-order valence-electron chi connectivity index (χ2n) is 8.06. The molecule has 1 unspecified atom stereocenters. The molecule has 0 aliphatic carbocycles. The highest BCUT2D eigenvalue weighted by Crippen LogP contribution is 2.25. The predicted molar refractivity (Wildman–Crippen MR) is 116 cm³/mol. The van der Waals surface area contributed by atoms with Crippen LogP contribution in [0.25, 0.3) is 27.9 Å². The van der Waals surface area contributed by atoms with Crippen molar-refractivity contribution < 1.29 is 14.3 Å². The van der Waals surface area contributed by atoms with E-state index in [0.29, 0.717) is 35.7 Å². The van der Waals surface area contributed by atoms with Crippen molar-refractivity contribution in [2.24, 2.45) is 0 Å². The molecule has 1 aliphatic rings. The number of aliphatic hydroxyl groups is 1. The Bertz CT molecular complexity index is 1330. The lowest BCUT2D eigenvalue weighted by atomic mass is 10.1. The number of aliphatic hydroxyl groups excluding tert-OH is 1. The lowest BCUT2D eigenvalue weighted by molar-refractivity contribution is 0.167. The number of nitrogens with zero attached hydrogens (tertiary/aromatic N) is 4. The average Bonchev–Trinajstić information content (AvgIpc) is 3.33. The van der Waals surface area contributed by atoms with Gasteiger partial charge in [-0.15, -0.1) is 0 Å². The third kappa shape index (κ3) is 3.92. The van der Waals surface area contributed by atoms with Crippen LogP contribution in [0.4, 0.5) is 0 Å². The largest absolute Gasteiger partial charge is 0.492 e. The minimum absolute atomic E-state index is 0.235. The standard InChI is InChI=1S/C23H24N4O4/c1-14-11-27-13-20(25-22(27)15(2)24-14)19-9-16-3-4-18(10-21(16)31-23(19)29)30-8-7-26-6-5-17(28)12-26/h3-4,9-11,13,17,28H,5-8,12H2,1-2H3. The number of hydrogen-bond acceptors (Lipinski definition) is 7. The van der Waals surface area contributed by atoms with E-state index < -0.39 is 5.63 Å². The van der Waals surface area contributed by atoms with E-state index in [2.05, 4.69) is 14.9 Å². The molecule has 0 saturated carbocycles. The summed E-state index contributed by atoms with van der Waals surface area (Å²) in [7, 11) is 0. The van der Waals surface area contributed by atoms with Crippen LogP contribution in [0.5, 0.6) is 5.75 Å². The Balaban J connectivity index is 1.39. The number of aryl methyl sites for hydroxylation is 2. The van der Waals surface area contributed by atoms with Crippen LogP contribution in [0, 0.1) is 13.8 Å². The minimum atomic E-state index is -0.443. The van der Waals surface area contributed by atoms with Crippen molar-refractivity contribution in [3.8, 4) is 17.0 Å². The van der Waals surface area contributed by atoms with Crippen LogP contribution in [-0.4, -0.2) is 56.7 Å². The first kappa shape index (κ1) is 19.7. The molecule has 31 heavy (non-hydrogen) atoms. The van der Waals surface area contributed by atoms with Gasteiger partial charge in [-0.3, -0.25) is 9.88 Å². The van der Waals surface area contributed by atoms with Gasteiger partial charge in [0, 0.05) is 43.5 Å². The molecule has 0 spiro atoms. The van der Waals surface area contributed by atoms with Crippen LogP contribution in [-0.2, 0) is 0 Å². The number of fused-ring (bicyclic) bond motifs is 2. The van der Waals surface area contributed by atoms with E-state index in [4.69, 9.17) is 9.15 Å². The number of rotatable bonds is 5. The number of benzene rings is 1. The topological polar surface area (TPSA) is 93.1 Å². The quantitative estimate of drug-likeness (QED) is 0.496. The van der Waals surface area contributed by atoms with Crippen LogP contribution < -0.4 is 10.4 Å². The van der Waals surface area contributed by atoms with Gasteiger partial charge >= 0.3 is 5.63 Å². The first-order valence-electron chi connectivity index (χ1n) is 10.4. The van der Waals surface area contributed by atoms with Crippen LogP contribution >= 0.6 is 0 Å². The second kappa shape index (κ2) is 7.79. The minimum Gasteiger partial charge on any atom is -0.492 e. The molecule has 160 valence electrons. The number of aromatic nitrogens is 3. The van der Waals surface area contributed by atoms with Gasteiger partial charge in [0.15, 0.2) is 5.65 Å². The third-order valence-electron chi connectivity index (χ3n) is 5.63. The first-order valence-corrected chi connectivity index (χ1v) is 10.4. The fourth-order valence-corrected chi connectivity index (χ4v) is 4.10. The average molecular weight is 420 g/mol. The summed E-state index contributed by atoms with van der Waals surface area (Å²) < 4.78 is 13.3. The molecular weight excluding hydrogens is 396 g/mol. The second-order valence-corrected chi connectivity index (χ2v) is 8.06. The van der Waals surface area contributed by atoms with Crippen molar-refractivity contribution in [3.63, 3.8) is 0 Å². The zero-order chi connectivity index (χ0) is 21.5. The maximum absolute atomic E-state index is 12.7. The lowest BCUT2D eigenvalue weighted by Crippen LogP contribution is -2.27. The summed E-state index contributed by atoms with van der Waals surface area (Å²) in [5.74, 6) is 0.646. The molecule has 1 aliphatic heterocycles. The van der Waals surface area contributed by atoms with Gasteiger partial charge in [-0.05, 0) is 38.5 Å². The highest BCUT2D eigenvalue weighted by atomic mass is 16.5. The summed E-state index contributed by atoms with van der Waals surface area (Å²) in [6.07, 6.45) is 4.28. The predicted octanol–water partition coefficient (Wildman–Crippen LogP) is 2.56. The van der Waals surface area contributed by atoms with Gasteiger partial charge in [0.1, 0.15) is 17.9 Å². The van der Waals surface area contributed by atoms with Gasteiger partial charge in [0.05, 0.1) is 28.7 Å². The van der Waals surface area contributed by atoms with Gasteiger partial charge in [-0.25, -0.2) is 9.78 Å². The zero-order valence-corrected chi connectivity index (χ0v) is 17.5. The number of hydrogen-bond donors (Lipinski definition) is 1. The van der Waals surface area contributed by atoms with Crippen molar-refractivity contribution in [1.29, 1.82) is 0 Å². The fourth-order valence-electron chi connectivity index (χ4n) is 4.10. The molecule has 4 aromatic rings. The van der Waals surface area contributed by atoms with E-state index in [9.17, 15) is 9.90 Å². The van der Waals surface area contributed by atoms with Crippen molar-refractivity contribution >= 4 is 16.6 Å². The zero-order valence-electron chi connectivity index (χ0n) is 17.5. The molecule has 0 bridgehead atoms. The number of imidazole rings is 1. The van der Waals surface area contributed by atoms with Crippen molar-refractivity contribution in [2.75, 3.05) is 26.2 Å². The molecule has 1 N–H and O–H groups in total. The Hall–Kier alpha value is -3.23. The molecule has 1 fully saturated rings. The van der Waals surface area contributed by atoms with E-state index in [1.807, 2.05) is 42.8 Å². The maximum Gasteiger partial charge on any atom is 0.345 e. The summed E-state index contributed by atoms with van der Waals surface area (Å²) in [5, 5.41) is 10.4. The summed E-state index contributed by atoms with van der Waals surface area (Å²) in [6, 6.07) is 7.28. The molecule has 1 aromatic carbocycles. The highest BCUT2D eigenvalue weighted by Gasteiger charge is 2.19. The Kier molecular flexibility index (Phi) is 4.95. The molecule has 5 rings (SSSR count). The summed E-state index contributed by atoms with van der Waals surface area (Å²) in [4.78, 5) is 23.9. The van der Waals surface area contributed by atoms with E-state index in [1.54, 1.807) is 12.1 Å². The smallest absolute Gasteiger partial charge is 0.345 e. The summed E-state index contributed by atoms with van der Waals surface area (Å²) >= 11 is 0. The fraction of sp³-hybridized carbons (Fsp3) is 0.348. The Labute approximate surface area is 178 Å². The molecule has 4 heterocycles. The van der Waals surface area contributed by atoms with Gasteiger partial charge < -0.3 is 18.7 Å². The molecule has 0 radical (unpaired) electrons. The molecule has 8 heteroatoms. The highest BCUT2D eigenvalue weighted by molar-refractivity contribution is 5.82. The molecule has 1 atom stereocenters. The number of ether oxygens (including phenoxy) is 1. The van der Waals surface area contributed by atoms with Crippen molar-refractivity contribution in [3.05, 3.63) is 58.5 Å². The van der Waals surface area contributed by atoms with E-state index in [0.717, 1.165) is 41.9 Å². The monoisotopic (exact) mass is 420 g/mol. The first-order chi connectivity index (χ1) is 15.0. The van der Waals surface area contributed by atoms with Crippen LogP contribution in [0.2, 0.25) is 0 Å². The van der Waals surface area contributed by atoms with E-state index in [-0.39, 0.29) is 6.10 Å². The lowest BCUT2D eigenvalue weighted by Gasteiger charge is -2.15. The van der Waals surface area contributed by atoms with Crippen molar-refractivity contribution in [2.45, 2.75) is 26.4 Å². The van der Waals surface area contributed by atoms with E-state index in [1.165, 1.54) is 0 Å². The molecule has 1 saturated heterocycles. The number of β-amino-alcohol motifs (C(OH)–C–C–N with tert-alkyl or cyclic N) is 1. The number of likely N-dealkylation sites (tertiary alicyclic amines) is 1. The van der Waals surface area contributed by atoms with Crippen LogP contribution in [0.3, 0.4) is 0 Å². The van der Waals surface area contributed by atoms with Gasteiger partial charge in [-0.2, -0.15) is 0 Å². The Morgan fingerprint density at radius 2 is 2.10 bits per heavy atom. The Morgan fingerprint density at radius 1 is 1.23 bits per heavy atom. The molecule has 8 nitrogen and oxygen atoms in total. The molecular formula is C23H24N4O4. The van der Waals surface area contributed by atoms with Crippen LogP contribution in [0.15, 0.2) is 45.9 Å². The third-order valence-corrected chi connectivity index (χ3v) is 5.63. The van der Waals surface area contributed by atoms with Crippen molar-refractivity contribution in [1.82, 2.24) is 19.3 Å². The summed E-state index contributed by atoms with van der Waals surface area (Å²) in [6.45, 7) is 6.66. The van der Waals surface area contributed by atoms with Crippen LogP contribution in [0.1, 0.15) is 17.8 Å². The van der Waals surface area contributed by atoms with E-state index >= 15 is 0 Å². The van der Waals surface area contributed by atoms with Gasteiger partial charge in [0.2, 0.25) is 0 Å². The van der Waals surface area contributed by atoms with Gasteiger partial charge in [0.25, 0.3) is 0 Å². The maximum atomic E-state index is 12.7.